The fraction of sp³-hybridized carbons (Fsp3) is 0.222. The van der Waals surface area contributed by atoms with Gasteiger partial charge in [-0.3, -0.25) is 4.79 Å². The largest absolute Gasteiger partial charge is 0.497 e. The molecular formula is C9H9FN2O2. The van der Waals surface area contributed by atoms with Crippen LogP contribution in [0.25, 0.3) is 0 Å². The number of carbonyl (C=O) groups excluding carboxylic acids is 1. The van der Waals surface area contributed by atoms with Crippen LogP contribution in [0.1, 0.15) is 0 Å². The average molecular weight is 196 g/mol. The van der Waals surface area contributed by atoms with Crippen LogP contribution in [0.15, 0.2) is 12.1 Å². The van der Waals surface area contributed by atoms with Crippen molar-refractivity contribution >= 4 is 17.3 Å². The van der Waals surface area contributed by atoms with E-state index < -0.39 is 5.82 Å². The summed E-state index contributed by atoms with van der Waals surface area (Å²) in [4.78, 5) is 11.0. The Morgan fingerprint density at radius 2 is 2.29 bits per heavy atom. The highest BCUT2D eigenvalue weighted by Gasteiger charge is 2.18. The fourth-order valence-corrected chi connectivity index (χ4v) is 1.33. The van der Waals surface area contributed by atoms with Gasteiger partial charge in [-0.2, -0.15) is 0 Å². The molecule has 0 bridgehead atoms. The molecule has 4 nitrogen and oxygen atoms in total. The third kappa shape index (κ3) is 1.37. The van der Waals surface area contributed by atoms with Crippen molar-refractivity contribution in [3.8, 4) is 5.75 Å². The van der Waals surface area contributed by atoms with Gasteiger partial charge in [-0.05, 0) is 0 Å². The van der Waals surface area contributed by atoms with E-state index in [9.17, 15) is 9.18 Å². The van der Waals surface area contributed by atoms with Gasteiger partial charge in [0.15, 0.2) is 5.82 Å². The van der Waals surface area contributed by atoms with Crippen molar-refractivity contribution in [2.75, 3.05) is 24.3 Å². The second-order valence-corrected chi connectivity index (χ2v) is 2.93. The van der Waals surface area contributed by atoms with E-state index in [0.717, 1.165) is 0 Å². The minimum Gasteiger partial charge on any atom is -0.497 e. The number of nitrogens with one attached hydrogen (secondary N) is 2. The molecule has 0 fully saturated rings. The fourth-order valence-electron chi connectivity index (χ4n) is 1.33. The quantitative estimate of drug-likeness (QED) is 0.709. The molecular weight excluding hydrogens is 187 g/mol. The Morgan fingerprint density at radius 3 is 3.00 bits per heavy atom. The Kier molecular flexibility index (Phi) is 1.99. The van der Waals surface area contributed by atoms with Crippen LogP contribution in [-0.4, -0.2) is 19.6 Å². The first-order valence-corrected chi connectivity index (χ1v) is 4.12. The first kappa shape index (κ1) is 8.80. The van der Waals surface area contributed by atoms with Crippen molar-refractivity contribution in [3.63, 3.8) is 0 Å². The zero-order valence-electron chi connectivity index (χ0n) is 7.56. The Labute approximate surface area is 80.1 Å². The molecule has 0 atom stereocenters. The molecule has 0 aliphatic carbocycles. The average Bonchev–Trinajstić information content (AvgIpc) is 2.19. The van der Waals surface area contributed by atoms with Gasteiger partial charge in [0.25, 0.3) is 0 Å². The number of ether oxygens (including phenoxy) is 1. The molecule has 74 valence electrons. The first-order chi connectivity index (χ1) is 6.70. The highest BCUT2D eigenvalue weighted by molar-refractivity contribution is 6.00. The molecule has 14 heavy (non-hydrogen) atoms. The van der Waals surface area contributed by atoms with Crippen LogP contribution in [0.3, 0.4) is 0 Å². The van der Waals surface area contributed by atoms with E-state index in [1.54, 1.807) is 6.07 Å². The van der Waals surface area contributed by atoms with Crippen LogP contribution in [0.4, 0.5) is 15.8 Å². The van der Waals surface area contributed by atoms with Crippen molar-refractivity contribution in [1.82, 2.24) is 0 Å². The third-order valence-corrected chi connectivity index (χ3v) is 2.00. The molecule has 2 N–H and O–H groups in total. The number of hydrogen-bond donors (Lipinski definition) is 2. The summed E-state index contributed by atoms with van der Waals surface area (Å²) in [6.07, 6.45) is 0. The minimum absolute atomic E-state index is 0.152. The number of rotatable bonds is 1. The molecule has 1 aromatic rings. The molecule has 1 aliphatic rings. The number of amides is 1. The summed E-state index contributed by atoms with van der Waals surface area (Å²) in [5.74, 6) is -0.327. The molecule has 0 unspecified atom stereocenters. The van der Waals surface area contributed by atoms with Crippen molar-refractivity contribution in [2.24, 2.45) is 0 Å². The summed E-state index contributed by atoms with van der Waals surface area (Å²) in [6, 6.07) is 2.87. The minimum atomic E-state index is -0.500. The standard InChI is InChI=1S/C9H9FN2O2/c1-14-5-2-6(10)9-7(3-5)11-4-8(13)12-9/h2-3,11H,4H2,1H3,(H,12,13). The zero-order chi connectivity index (χ0) is 10.1. The number of halogens is 1. The smallest absolute Gasteiger partial charge is 0.243 e. The molecule has 0 spiro atoms. The summed E-state index contributed by atoms with van der Waals surface area (Å²) in [5.41, 5.74) is 0.725. The van der Waals surface area contributed by atoms with Crippen molar-refractivity contribution in [2.45, 2.75) is 0 Å². The van der Waals surface area contributed by atoms with E-state index in [1.165, 1.54) is 13.2 Å². The maximum absolute atomic E-state index is 13.4. The lowest BCUT2D eigenvalue weighted by molar-refractivity contribution is -0.114. The van der Waals surface area contributed by atoms with Gasteiger partial charge in [-0.1, -0.05) is 0 Å². The van der Waals surface area contributed by atoms with Crippen molar-refractivity contribution < 1.29 is 13.9 Å². The molecule has 0 radical (unpaired) electrons. The Morgan fingerprint density at radius 1 is 1.50 bits per heavy atom. The Bertz CT molecular complexity index is 393. The van der Waals surface area contributed by atoms with E-state index >= 15 is 0 Å². The van der Waals surface area contributed by atoms with Crippen LogP contribution >= 0.6 is 0 Å². The number of anilines is 2. The van der Waals surface area contributed by atoms with E-state index in [1.807, 2.05) is 0 Å². The van der Waals surface area contributed by atoms with Crippen LogP contribution in [-0.2, 0) is 4.79 Å². The van der Waals surface area contributed by atoms with Crippen LogP contribution < -0.4 is 15.4 Å². The van der Waals surface area contributed by atoms with E-state index in [-0.39, 0.29) is 18.1 Å². The van der Waals surface area contributed by atoms with Crippen molar-refractivity contribution in [1.29, 1.82) is 0 Å². The van der Waals surface area contributed by atoms with Gasteiger partial charge in [0.05, 0.1) is 19.3 Å². The van der Waals surface area contributed by atoms with Gasteiger partial charge >= 0.3 is 0 Å². The predicted octanol–water partition coefficient (Wildman–Crippen LogP) is 1.20. The number of fused-ring (bicyclic) bond motifs is 1. The number of carbonyl (C=O) groups is 1. The summed E-state index contributed by atoms with van der Waals surface area (Å²) < 4.78 is 18.3. The second kappa shape index (κ2) is 3.17. The number of hydrogen-bond acceptors (Lipinski definition) is 3. The van der Waals surface area contributed by atoms with Crippen molar-refractivity contribution in [3.05, 3.63) is 17.9 Å². The summed E-state index contributed by atoms with van der Waals surface area (Å²) in [6.45, 7) is 0.152. The van der Waals surface area contributed by atoms with Crippen LogP contribution in [0.2, 0.25) is 0 Å². The molecule has 0 saturated heterocycles. The Balaban J connectivity index is 2.48. The lowest BCUT2D eigenvalue weighted by atomic mass is 10.2. The van der Waals surface area contributed by atoms with Gasteiger partial charge in [0.1, 0.15) is 11.4 Å². The molecule has 2 rings (SSSR count). The number of methoxy groups -OCH3 is 1. The highest BCUT2D eigenvalue weighted by atomic mass is 19.1. The molecule has 0 aromatic heterocycles. The number of benzene rings is 1. The summed E-state index contributed by atoms with van der Waals surface area (Å²) in [5, 5.41) is 5.24. The highest BCUT2D eigenvalue weighted by Crippen LogP contribution is 2.32. The SMILES string of the molecule is COc1cc(F)c2c(c1)NCC(=O)N2. The topological polar surface area (TPSA) is 50.4 Å². The van der Waals surface area contributed by atoms with Crippen LogP contribution in [0.5, 0.6) is 5.75 Å². The van der Waals surface area contributed by atoms with Gasteiger partial charge in [0, 0.05) is 12.1 Å². The third-order valence-electron chi connectivity index (χ3n) is 2.00. The van der Waals surface area contributed by atoms with Gasteiger partial charge in [-0.15, -0.1) is 0 Å². The normalized spacial score (nSPS) is 14.0. The maximum atomic E-state index is 13.4. The molecule has 1 aliphatic heterocycles. The predicted molar refractivity (Wildman–Crippen MR) is 50.1 cm³/mol. The molecule has 5 heteroatoms. The van der Waals surface area contributed by atoms with E-state index in [4.69, 9.17) is 4.74 Å². The lowest BCUT2D eigenvalue weighted by Crippen LogP contribution is -2.28. The summed E-state index contributed by atoms with van der Waals surface area (Å²) in [7, 11) is 1.46. The molecule has 0 saturated carbocycles. The molecule has 1 heterocycles. The van der Waals surface area contributed by atoms with E-state index in [2.05, 4.69) is 10.6 Å². The maximum Gasteiger partial charge on any atom is 0.243 e. The Hall–Kier alpha value is -1.78. The van der Waals surface area contributed by atoms with Gasteiger partial charge in [-0.25, -0.2) is 4.39 Å². The van der Waals surface area contributed by atoms with Gasteiger partial charge in [0.2, 0.25) is 5.91 Å². The first-order valence-electron chi connectivity index (χ1n) is 4.12. The second-order valence-electron chi connectivity index (χ2n) is 2.93. The van der Waals surface area contributed by atoms with Gasteiger partial charge < -0.3 is 15.4 Å². The summed E-state index contributed by atoms with van der Waals surface area (Å²) >= 11 is 0. The van der Waals surface area contributed by atoms with E-state index in [0.29, 0.717) is 11.4 Å². The molecule has 1 amide bonds. The monoisotopic (exact) mass is 196 g/mol. The lowest BCUT2D eigenvalue weighted by Gasteiger charge is -2.19. The molecule has 1 aromatic carbocycles. The zero-order valence-corrected chi connectivity index (χ0v) is 7.56. The van der Waals surface area contributed by atoms with Crippen LogP contribution in [0, 0.1) is 5.82 Å².